The Morgan fingerprint density at radius 1 is 1.31 bits per heavy atom. The van der Waals surface area contributed by atoms with Gasteiger partial charge in [-0.1, -0.05) is 18.7 Å². The maximum Gasteiger partial charge on any atom is 0.159 e. The molecule has 0 aromatic heterocycles. The van der Waals surface area contributed by atoms with Crippen molar-refractivity contribution in [2.24, 2.45) is 5.73 Å². The molecule has 2 N–H and O–H groups in total. The van der Waals surface area contributed by atoms with Crippen molar-refractivity contribution in [2.45, 2.75) is 0 Å². The van der Waals surface area contributed by atoms with Gasteiger partial charge in [0.25, 0.3) is 0 Å². The van der Waals surface area contributed by atoms with E-state index in [1.807, 2.05) is 0 Å². The zero-order valence-electron chi connectivity index (χ0n) is 6.93. The molecule has 0 fully saturated rings. The molecule has 0 amide bonds. The molecule has 0 heterocycles. The quantitative estimate of drug-likeness (QED) is 0.697. The summed E-state index contributed by atoms with van der Waals surface area (Å²) in [6.45, 7) is 3.43. The van der Waals surface area contributed by atoms with Gasteiger partial charge in [0, 0.05) is 5.70 Å². The first-order valence-electron chi connectivity index (χ1n) is 3.67. The molecule has 0 atom stereocenters. The first-order chi connectivity index (χ1) is 6.09. The second-order valence-electron chi connectivity index (χ2n) is 2.58. The lowest BCUT2D eigenvalue weighted by Crippen LogP contribution is -1.89. The van der Waals surface area contributed by atoms with Crippen molar-refractivity contribution >= 4 is 6.08 Å². The number of rotatable bonds is 2. The molecule has 0 saturated carbocycles. The molecular weight excluding hydrogens is 172 g/mol. The molecule has 3 heteroatoms. The van der Waals surface area contributed by atoms with E-state index in [0.29, 0.717) is 11.3 Å². The summed E-state index contributed by atoms with van der Waals surface area (Å²) in [6.07, 6.45) is 3.08. The Morgan fingerprint density at radius 2 is 2.00 bits per heavy atom. The average molecular weight is 181 g/mol. The van der Waals surface area contributed by atoms with Crippen molar-refractivity contribution in [3.05, 3.63) is 53.7 Å². The van der Waals surface area contributed by atoms with E-state index in [1.165, 1.54) is 12.1 Å². The summed E-state index contributed by atoms with van der Waals surface area (Å²) < 4.78 is 25.1. The molecule has 0 aliphatic heterocycles. The van der Waals surface area contributed by atoms with Crippen LogP contribution in [0.1, 0.15) is 5.56 Å². The largest absolute Gasteiger partial charge is 0.399 e. The Morgan fingerprint density at radius 3 is 2.54 bits per heavy atom. The van der Waals surface area contributed by atoms with E-state index >= 15 is 0 Å². The molecule has 0 aliphatic rings. The maximum atomic E-state index is 12.6. The predicted octanol–water partition coefficient (Wildman–Crippen LogP) is 2.45. The van der Waals surface area contributed by atoms with Crippen LogP contribution >= 0.6 is 0 Å². The highest BCUT2D eigenvalue weighted by atomic mass is 19.2. The normalized spacial score (nSPS) is 10.6. The van der Waals surface area contributed by atoms with Gasteiger partial charge in [-0.2, -0.15) is 0 Å². The molecule has 1 nitrogen and oxygen atoms in total. The summed E-state index contributed by atoms with van der Waals surface area (Å²) >= 11 is 0. The van der Waals surface area contributed by atoms with Crippen molar-refractivity contribution in [2.75, 3.05) is 0 Å². The Labute approximate surface area is 75.2 Å². The summed E-state index contributed by atoms with van der Waals surface area (Å²) in [5.41, 5.74) is 6.17. The van der Waals surface area contributed by atoms with Crippen LogP contribution in [0.3, 0.4) is 0 Å². The number of allylic oxidation sites excluding steroid dienone is 1. The Kier molecular flexibility index (Phi) is 2.80. The lowest BCUT2D eigenvalue weighted by atomic mass is 10.2. The SMILES string of the molecule is C=C(N)/C=C/c1ccc(F)c(F)c1. The van der Waals surface area contributed by atoms with Gasteiger partial charge in [-0.3, -0.25) is 0 Å². The van der Waals surface area contributed by atoms with E-state index in [-0.39, 0.29) is 0 Å². The molecule has 0 radical (unpaired) electrons. The van der Waals surface area contributed by atoms with Crippen LogP contribution in [0.5, 0.6) is 0 Å². The fourth-order valence-electron chi connectivity index (χ4n) is 0.819. The standard InChI is InChI=1S/C10H9F2N/c1-7(13)2-3-8-4-5-9(11)10(12)6-8/h2-6H,1,13H2/b3-2+. The first kappa shape index (κ1) is 9.45. The predicted molar refractivity (Wildman–Crippen MR) is 48.7 cm³/mol. The highest BCUT2D eigenvalue weighted by Gasteiger charge is 1.99. The lowest BCUT2D eigenvalue weighted by Gasteiger charge is -1.95. The zero-order chi connectivity index (χ0) is 9.84. The number of benzene rings is 1. The third kappa shape index (κ3) is 2.71. The van der Waals surface area contributed by atoms with Crippen LogP contribution in [0, 0.1) is 11.6 Å². The van der Waals surface area contributed by atoms with Crippen LogP contribution in [-0.4, -0.2) is 0 Å². The summed E-state index contributed by atoms with van der Waals surface area (Å²) in [5.74, 6) is -1.73. The highest BCUT2D eigenvalue weighted by molar-refractivity contribution is 5.52. The van der Waals surface area contributed by atoms with Crippen molar-refractivity contribution in [1.29, 1.82) is 0 Å². The highest BCUT2D eigenvalue weighted by Crippen LogP contribution is 2.10. The molecule has 1 aromatic rings. The molecule has 0 saturated heterocycles. The number of hydrogen-bond acceptors (Lipinski definition) is 1. The van der Waals surface area contributed by atoms with Crippen molar-refractivity contribution in [3.63, 3.8) is 0 Å². The van der Waals surface area contributed by atoms with Crippen LogP contribution in [0.4, 0.5) is 8.78 Å². The Hall–Kier alpha value is -1.64. The fourth-order valence-corrected chi connectivity index (χ4v) is 0.819. The van der Waals surface area contributed by atoms with Crippen LogP contribution in [0.15, 0.2) is 36.6 Å². The summed E-state index contributed by atoms with van der Waals surface area (Å²) in [4.78, 5) is 0. The van der Waals surface area contributed by atoms with Crippen molar-refractivity contribution in [3.8, 4) is 0 Å². The van der Waals surface area contributed by atoms with E-state index in [0.717, 1.165) is 12.1 Å². The number of nitrogens with two attached hydrogens (primary N) is 1. The molecular formula is C10H9F2N. The van der Waals surface area contributed by atoms with Crippen molar-refractivity contribution in [1.82, 2.24) is 0 Å². The molecule has 1 aromatic carbocycles. The van der Waals surface area contributed by atoms with Gasteiger partial charge in [0.15, 0.2) is 11.6 Å². The zero-order valence-corrected chi connectivity index (χ0v) is 6.93. The summed E-state index contributed by atoms with van der Waals surface area (Å²) in [6, 6.07) is 3.61. The van der Waals surface area contributed by atoms with Gasteiger partial charge in [-0.25, -0.2) is 8.78 Å². The molecule has 1 rings (SSSR count). The van der Waals surface area contributed by atoms with E-state index in [9.17, 15) is 8.78 Å². The van der Waals surface area contributed by atoms with E-state index < -0.39 is 11.6 Å². The molecule has 0 spiro atoms. The molecule has 0 aliphatic carbocycles. The molecule has 0 unspecified atom stereocenters. The van der Waals surface area contributed by atoms with Gasteiger partial charge < -0.3 is 5.73 Å². The molecule has 0 bridgehead atoms. The summed E-state index contributed by atoms with van der Waals surface area (Å²) in [7, 11) is 0. The number of halogens is 2. The third-order valence-corrected chi connectivity index (χ3v) is 1.43. The van der Waals surface area contributed by atoms with E-state index in [1.54, 1.807) is 6.08 Å². The van der Waals surface area contributed by atoms with Crippen LogP contribution < -0.4 is 5.73 Å². The monoisotopic (exact) mass is 181 g/mol. The van der Waals surface area contributed by atoms with Crippen molar-refractivity contribution < 1.29 is 8.78 Å². The van der Waals surface area contributed by atoms with Gasteiger partial charge in [-0.15, -0.1) is 0 Å². The second kappa shape index (κ2) is 3.85. The van der Waals surface area contributed by atoms with Gasteiger partial charge >= 0.3 is 0 Å². The van der Waals surface area contributed by atoms with E-state index in [4.69, 9.17) is 5.73 Å². The van der Waals surface area contributed by atoms with Crippen LogP contribution in [0.25, 0.3) is 6.08 Å². The number of hydrogen-bond donors (Lipinski definition) is 1. The van der Waals surface area contributed by atoms with Gasteiger partial charge in [0.2, 0.25) is 0 Å². The van der Waals surface area contributed by atoms with Crippen LogP contribution in [0.2, 0.25) is 0 Å². The van der Waals surface area contributed by atoms with Crippen LogP contribution in [-0.2, 0) is 0 Å². The lowest BCUT2D eigenvalue weighted by molar-refractivity contribution is 0.508. The molecule has 68 valence electrons. The minimum Gasteiger partial charge on any atom is -0.399 e. The topological polar surface area (TPSA) is 26.0 Å². The third-order valence-electron chi connectivity index (χ3n) is 1.43. The Bertz CT molecular complexity index is 356. The average Bonchev–Trinajstić information content (AvgIpc) is 2.07. The smallest absolute Gasteiger partial charge is 0.159 e. The van der Waals surface area contributed by atoms with Gasteiger partial charge in [0.05, 0.1) is 0 Å². The Balaban J connectivity index is 2.92. The second-order valence-corrected chi connectivity index (χ2v) is 2.58. The molecule has 13 heavy (non-hydrogen) atoms. The van der Waals surface area contributed by atoms with Gasteiger partial charge in [-0.05, 0) is 23.8 Å². The fraction of sp³-hybridized carbons (Fsp3) is 0. The minimum atomic E-state index is -0.871. The van der Waals surface area contributed by atoms with E-state index in [2.05, 4.69) is 6.58 Å². The minimum absolute atomic E-state index is 0.365. The summed E-state index contributed by atoms with van der Waals surface area (Å²) in [5, 5.41) is 0. The first-order valence-corrected chi connectivity index (χ1v) is 3.67. The maximum absolute atomic E-state index is 12.6. The van der Waals surface area contributed by atoms with Gasteiger partial charge in [0.1, 0.15) is 0 Å².